The molecule has 1 atom stereocenters. The molecule has 0 aromatic rings. The van der Waals surface area contributed by atoms with E-state index in [2.05, 4.69) is 0 Å². The summed E-state index contributed by atoms with van der Waals surface area (Å²) in [6.45, 7) is 6.79. The number of halogens is 2. The van der Waals surface area contributed by atoms with Crippen molar-refractivity contribution >= 4 is 36.8 Å². The maximum atomic E-state index is 12.3. The molecule has 0 bridgehead atoms. The van der Waals surface area contributed by atoms with Gasteiger partial charge in [-0.05, 0) is 27.2 Å². The van der Waals surface area contributed by atoms with Crippen LogP contribution in [-0.2, 0) is 23.1 Å². The van der Waals surface area contributed by atoms with Gasteiger partial charge in [0.15, 0.2) is 0 Å². The molecule has 0 aliphatic carbocycles. The lowest BCUT2D eigenvalue weighted by atomic mass is 10.3. The normalized spacial score (nSPS) is 14.3. The van der Waals surface area contributed by atoms with Crippen molar-refractivity contribution < 1.29 is 23.1 Å². The van der Waals surface area contributed by atoms with E-state index in [1.807, 2.05) is 6.92 Å². The van der Waals surface area contributed by atoms with Gasteiger partial charge in [-0.2, -0.15) is 0 Å². The van der Waals surface area contributed by atoms with Crippen molar-refractivity contribution in [3.05, 3.63) is 0 Å². The average molecular weight is 321 g/mol. The van der Waals surface area contributed by atoms with Gasteiger partial charge in [0.2, 0.25) is 0 Å². The van der Waals surface area contributed by atoms with Crippen molar-refractivity contribution in [1.82, 2.24) is 0 Å². The van der Waals surface area contributed by atoms with Gasteiger partial charge in [0.25, 0.3) is 0 Å². The van der Waals surface area contributed by atoms with E-state index in [0.717, 1.165) is 0 Å². The van der Waals surface area contributed by atoms with Crippen molar-refractivity contribution in [2.45, 2.75) is 44.3 Å². The third kappa shape index (κ3) is 4.39. The Morgan fingerprint density at radius 3 is 2.00 bits per heavy atom. The first-order valence-corrected chi connectivity index (χ1v) is 8.03. The molecule has 0 aromatic heterocycles. The summed E-state index contributed by atoms with van der Waals surface area (Å²) in [5, 5.41) is 0. The van der Waals surface area contributed by atoms with Crippen molar-refractivity contribution in [2.24, 2.45) is 0 Å². The number of esters is 1. The minimum absolute atomic E-state index is 0.0507. The van der Waals surface area contributed by atoms with Gasteiger partial charge in [-0.1, -0.05) is 30.1 Å². The van der Waals surface area contributed by atoms with E-state index in [1.165, 1.54) is 0 Å². The standard InChI is InChI=1S/C10H19Cl2O5P/c1-5-8(4)17-9(13)10(11,12)18(14,15-6-2)16-7-3/h8H,5-7H2,1-4H3. The Morgan fingerprint density at radius 2 is 1.67 bits per heavy atom. The third-order valence-corrected chi connectivity index (χ3v) is 5.69. The zero-order valence-electron chi connectivity index (χ0n) is 10.9. The van der Waals surface area contributed by atoms with Crippen LogP contribution in [0, 0.1) is 0 Å². The van der Waals surface area contributed by atoms with Gasteiger partial charge in [0.1, 0.15) is 0 Å². The first-order chi connectivity index (χ1) is 8.25. The molecule has 0 saturated carbocycles. The van der Waals surface area contributed by atoms with Gasteiger partial charge in [-0.15, -0.1) is 0 Å². The molecule has 0 spiro atoms. The fourth-order valence-electron chi connectivity index (χ4n) is 0.988. The SMILES string of the molecule is CCOP(=O)(OCC)C(Cl)(Cl)C(=O)OC(C)CC. The number of alkyl halides is 2. The Bertz CT molecular complexity index is 311. The quantitative estimate of drug-likeness (QED) is 0.387. The summed E-state index contributed by atoms with van der Waals surface area (Å²) in [6.07, 6.45) is 0.203. The summed E-state index contributed by atoms with van der Waals surface area (Å²) in [5.41, 5.74) is 0. The highest BCUT2D eigenvalue weighted by Gasteiger charge is 2.56. The van der Waals surface area contributed by atoms with E-state index in [1.54, 1.807) is 20.8 Å². The summed E-state index contributed by atoms with van der Waals surface area (Å²) in [5.74, 6) is -1.02. The van der Waals surface area contributed by atoms with Gasteiger partial charge in [-0.25, -0.2) is 4.79 Å². The number of ether oxygens (including phenoxy) is 1. The highest BCUT2D eigenvalue weighted by molar-refractivity contribution is 7.61. The minimum atomic E-state index is -3.99. The van der Waals surface area contributed by atoms with Crippen LogP contribution in [0.25, 0.3) is 0 Å². The fourth-order valence-corrected chi connectivity index (χ4v) is 3.02. The Hall–Kier alpha value is 0.200. The molecule has 1 unspecified atom stereocenters. The maximum absolute atomic E-state index is 12.3. The molecule has 0 aliphatic rings. The molecule has 8 heteroatoms. The van der Waals surface area contributed by atoms with E-state index >= 15 is 0 Å². The predicted octanol–water partition coefficient (Wildman–Crippen LogP) is 3.73. The monoisotopic (exact) mass is 320 g/mol. The molecular formula is C10H19Cl2O5P. The second kappa shape index (κ2) is 7.71. The van der Waals surface area contributed by atoms with Gasteiger partial charge in [-0.3, -0.25) is 4.57 Å². The van der Waals surface area contributed by atoms with E-state index in [0.29, 0.717) is 6.42 Å². The van der Waals surface area contributed by atoms with Crippen LogP contribution in [0.3, 0.4) is 0 Å². The zero-order chi connectivity index (χ0) is 14.4. The number of carbonyl (C=O) groups is 1. The lowest BCUT2D eigenvalue weighted by Crippen LogP contribution is -2.32. The number of hydrogen-bond acceptors (Lipinski definition) is 5. The Balaban J connectivity index is 5.05. The van der Waals surface area contributed by atoms with Crippen molar-refractivity contribution in [1.29, 1.82) is 0 Å². The topological polar surface area (TPSA) is 61.8 Å². The molecule has 0 amide bonds. The third-order valence-electron chi connectivity index (χ3n) is 2.07. The molecule has 0 fully saturated rings. The smallest absolute Gasteiger partial charge is 0.378 e. The van der Waals surface area contributed by atoms with Crippen LogP contribution < -0.4 is 0 Å². The van der Waals surface area contributed by atoms with Crippen LogP contribution in [0.2, 0.25) is 0 Å². The van der Waals surface area contributed by atoms with E-state index < -0.39 is 17.6 Å². The number of rotatable bonds is 8. The molecule has 0 aliphatic heterocycles. The molecule has 0 saturated heterocycles. The second-order valence-electron chi connectivity index (χ2n) is 3.50. The Kier molecular flexibility index (Phi) is 7.79. The van der Waals surface area contributed by atoms with Crippen LogP contribution in [0.5, 0.6) is 0 Å². The molecule has 0 aromatic carbocycles. The maximum Gasteiger partial charge on any atom is 0.378 e. The Morgan fingerprint density at radius 1 is 1.22 bits per heavy atom. The van der Waals surface area contributed by atoms with Gasteiger partial charge in [0.05, 0.1) is 19.3 Å². The summed E-state index contributed by atoms with van der Waals surface area (Å²) in [6, 6.07) is 0. The minimum Gasteiger partial charge on any atom is -0.460 e. The molecule has 108 valence electrons. The molecule has 18 heavy (non-hydrogen) atoms. The van der Waals surface area contributed by atoms with Crippen LogP contribution >= 0.6 is 30.8 Å². The molecular weight excluding hydrogens is 302 g/mol. The molecule has 0 N–H and O–H groups in total. The lowest BCUT2D eigenvalue weighted by Gasteiger charge is -2.27. The Labute approximate surface area is 118 Å². The summed E-state index contributed by atoms with van der Waals surface area (Å²) < 4.78 is 24.8. The molecule has 0 rings (SSSR count). The van der Waals surface area contributed by atoms with Gasteiger partial charge >= 0.3 is 17.6 Å². The van der Waals surface area contributed by atoms with Crippen molar-refractivity contribution in [3.63, 3.8) is 0 Å². The fraction of sp³-hybridized carbons (Fsp3) is 0.900. The molecule has 0 radical (unpaired) electrons. The van der Waals surface area contributed by atoms with E-state index in [4.69, 9.17) is 37.0 Å². The largest absolute Gasteiger partial charge is 0.460 e. The van der Waals surface area contributed by atoms with Gasteiger partial charge < -0.3 is 13.8 Å². The summed E-state index contributed by atoms with van der Waals surface area (Å²) in [7, 11) is -3.99. The molecule has 0 heterocycles. The molecule has 5 nitrogen and oxygen atoms in total. The summed E-state index contributed by atoms with van der Waals surface area (Å²) >= 11 is 11.7. The second-order valence-corrected chi connectivity index (χ2v) is 7.54. The lowest BCUT2D eigenvalue weighted by molar-refractivity contribution is -0.147. The van der Waals surface area contributed by atoms with Gasteiger partial charge in [0, 0.05) is 0 Å². The van der Waals surface area contributed by atoms with E-state index in [9.17, 15) is 9.36 Å². The van der Waals surface area contributed by atoms with Crippen LogP contribution in [0.1, 0.15) is 34.1 Å². The number of carbonyl (C=O) groups excluding carboxylic acids is 1. The van der Waals surface area contributed by atoms with Crippen molar-refractivity contribution in [3.8, 4) is 0 Å². The predicted molar refractivity (Wildman–Crippen MR) is 71.1 cm³/mol. The highest BCUT2D eigenvalue weighted by Crippen LogP contribution is 2.64. The average Bonchev–Trinajstić information content (AvgIpc) is 2.29. The van der Waals surface area contributed by atoms with Crippen LogP contribution in [0.4, 0.5) is 0 Å². The van der Waals surface area contributed by atoms with Crippen LogP contribution in [0.15, 0.2) is 0 Å². The number of hydrogen-bond donors (Lipinski definition) is 0. The van der Waals surface area contributed by atoms with E-state index in [-0.39, 0.29) is 19.3 Å². The zero-order valence-corrected chi connectivity index (χ0v) is 13.3. The first kappa shape index (κ1) is 18.2. The first-order valence-electron chi connectivity index (χ1n) is 5.73. The highest BCUT2D eigenvalue weighted by atomic mass is 35.5. The van der Waals surface area contributed by atoms with Crippen LogP contribution in [-0.4, -0.2) is 29.4 Å². The summed E-state index contributed by atoms with van der Waals surface area (Å²) in [4.78, 5) is 11.8. The van der Waals surface area contributed by atoms with Crippen molar-refractivity contribution in [2.75, 3.05) is 13.2 Å².